The van der Waals surface area contributed by atoms with E-state index in [-0.39, 0.29) is 5.56 Å². The molecule has 1 aromatic carbocycles. The van der Waals surface area contributed by atoms with E-state index in [1.54, 1.807) is 34.3 Å². The number of hydrogen-bond donors (Lipinski definition) is 0. The second-order valence-corrected chi connectivity index (χ2v) is 7.99. The Morgan fingerprint density at radius 3 is 3.00 bits per heavy atom. The number of aromatic nitrogens is 2. The average Bonchev–Trinajstić information content (AvgIpc) is 2.98. The summed E-state index contributed by atoms with van der Waals surface area (Å²) in [6.45, 7) is 2.17. The monoisotopic (exact) mass is 340 g/mol. The van der Waals surface area contributed by atoms with Gasteiger partial charge in [-0.3, -0.25) is 9.36 Å². The molecule has 0 radical (unpaired) electrons. The van der Waals surface area contributed by atoms with Gasteiger partial charge in [0, 0.05) is 32.2 Å². The third kappa shape index (κ3) is 2.39. The number of pyridine rings is 2. The summed E-state index contributed by atoms with van der Waals surface area (Å²) in [5.74, 6) is 0. The van der Waals surface area contributed by atoms with Gasteiger partial charge in [0.2, 0.25) is 0 Å². The Balaban J connectivity index is 2.09. The minimum atomic E-state index is 0.0707. The van der Waals surface area contributed by atoms with Crippen LogP contribution in [0.15, 0.2) is 57.2 Å². The fourth-order valence-electron chi connectivity index (χ4n) is 3.08. The van der Waals surface area contributed by atoms with Crippen LogP contribution in [0.2, 0.25) is 0 Å². The molecular weight excluding hydrogens is 324 g/mol. The first-order valence-corrected chi connectivity index (χ1v) is 9.63. The molecule has 0 bridgehead atoms. The number of benzene rings is 1. The molecule has 2 aromatic heterocycles. The number of nitrogens with zero attached hydrogens (tertiary/aromatic N) is 2. The van der Waals surface area contributed by atoms with Crippen molar-refractivity contribution < 1.29 is 0 Å². The van der Waals surface area contributed by atoms with Gasteiger partial charge in [-0.1, -0.05) is 13.0 Å². The van der Waals surface area contributed by atoms with Crippen molar-refractivity contribution in [1.29, 1.82) is 0 Å². The normalized spacial score (nSPS) is 16.7. The molecule has 0 aliphatic carbocycles. The van der Waals surface area contributed by atoms with Crippen LogP contribution in [0.4, 0.5) is 0 Å². The summed E-state index contributed by atoms with van der Waals surface area (Å²) >= 11 is 3.46. The number of fused-ring (bicyclic) bond motifs is 3. The van der Waals surface area contributed by atoms with Crippen LogP contribution in [0, 0.1) is 0 Å². The van der Waals surface area contributed by atoms with Crippen molar-refractivity contribution in [1.82, 2.24) is 9.55 Å². The first-order chi connectivity index (χ1) is 11.2. The van der Waals surface area contributed by atoms with Gasteiger partial charge < -0.3 is 0 Å². The van der Waals surface area contributed by atoms with Crippen LogP contribution in [0.1, 0.15) is 12.5 Å². The van der Waals surface area contributed by atoms with E-state index in [9.17, 15) is 4.79 Å². The van der Waals surface area contributed by atoms with Gasteiger partial charge in [-0.05, 0) is 43.0 Å². The predicted octanol–water partition coefficient (Wildman–Crippen LogP) is 4.14. The third-order valence-electron chi connectivity index (χ3n) is 4.10. The Morgan fingerprint density at radius 1 is 1.30 bits per heavy atom. The minimum absolute atomic E-state index is 0.0707. The van der Waals surface area contributed by atoms with Crippen LogP contribution < -0.4 is 5.56 Å². The summed E-state index contributed by atoms with van der Waals surface area (Å²) < 4.78 is 1.77. The lowest BCUT2D eigenvalue weighted by Gasteiger charge is -2.13. The zero-order chi connectivity index (χ0) is 16.0. The SMILES string of the molecule is CSc1cccc(-n2c(=O)c3c(c4cccnc42)SC(C)C3)c1. The van der Waals surface area contributed by atoms with Gasteiger partial charge in [0.1, 0.15) is 5.65 Å². The van der Waals surface area contributed by atoms with Gasteiger partial charge in [-0.25, -0.2) is 4.98 Å². The maximum atomic E-state index is 13.1. The summed E-state index contributed by atoms with van der Waals surface area (Å²) in [5.41, 5.74) is 2.63. The van der Waals surface area contributed by atoms with Crippen molar-refractivity contribution in [3.63, 3.8) is 0 Å². The van der Waals surface area contributed by atoms with Crippen LogP contribution in [0.3, 0.4) is 0 Å². The smallest absolute Gasteiger partial charge is 0.261 e. The highest BCUT2D eigenvalue weighted by molar-refractivity contribution is 8.00. The molecular formula is C18H16N2OS2. The summed E-state index contributed by atoms with van der Waals surface area (Å²) in [7, 11) is 0. The van der Waals surface area contributed by atoms with Gasteiger partial charge in [-0.15, -0.1) is 23.5 Å². The van der Waals surface area contributed by atoms with Crippen LogP contribution in [0.5, 0.6) is 0 Å². The highest BCUT2D eigenvalue weighted by Crippen LogP contribution is 2.39. The number of thioether (sulfide) groups is 2. The van der Waals surface area contributed by atoms with Gasteiger partial charge in [0.15, 0.2) is 0 Å². The van der Waals surface area contributed by atoms with Crippen molar-refractivity contribution in [2.24, 2.45) is 0 Å². The summed E-state index contributed by atoms with van der Waals surface area (Å²) in [6, 6.07) is 12.1. The summed E-state index contributed by atoms with van der Waals surface area (Å²) in [4.78, 5) is 19.9. The van der Waals surface area contributed by atoms with Crippen molar-refractivity contribution in [2.75, 3.05) is 6.26 Å². The third-order valence-corrected chi connectivity index (χ3v) is 6.10. The molecule has 4 rings (SSSR count). The van der Waals surface area contributed by atoms with E-state index in [4.69, 9.17) is 0 Å². The van der Waals surface area contributed by atoms with Crippen LogP contribution >= 0.6 is 23.5 Å². The maximum Gasteiger partial charge on any atom is 0.261 e. The van der Waals surface area contributed by atoms with Gasteiger partial charge in [-0.2, -0.15) is 0 Å². The second-order valence-electron chi connectivity index (χ2n) is 5.66. The molecule has 0 amide bonds. The van der Waals surface area contributed by atoms with Crippen molar-refractivity contribution in [3.8, 4) is 5.69 Å². The lowest BCUT2D eigenvalue weighted by Crippen LogP contribution is -2.23. The Hall–Kier alpha value is -1.72. The first kappa shape index (κ1) is 14.8. The van der Waals surface area contributed by atoms with E-state index in [1.807, 2.05) is 24.5 Å². The standard InChI is InChI=1S/C18H16N2OS2/c1-11-9-15-16(23-11)14-7-4-8-19-17(14)20(18(15)21)12-5-3-6-13(10-12)22-2/h3-8,10-11H,9H2,1-2H3. The molecule has 1 unspecified atom stereocenters. The second kappa shape index (κ2) is 5.73. The predicted molar refractivity (Wildman–Crippen MR) is 98.1 cm³/mol. The molecule has 0 saturated carbocycles. The Kier molecular flexibility index (Phi) is 3.70. The quantitative estimate of drug-likeness (QED) is 0.657. The molecule has 5 heteroatoms. The molecule has 1 aliphatic rings. The molecule has 1 aliphatic heterocycles. The van der Waals surface area contributed by atoms with E-state index in [0.717, 1.165) is 38.5 Å². The van der Waals surface area contributed by atoms with E-state index in [2.05, 4.69) is 30.1 Å². The zero-order valence-electron chi connectivity index (χ0n) is 12.9. The Morgan fingerprint density at radius 2 is 2.17 bits per heavy atom. The summed E-state index contributed by atoms with van der Waals surface area (Å²) in [6.07, 6.45) is 4.62. The van der Waals surface area contributed by atoms with Gasteiger partial charge in [0.25, 0.3) is 5.56 Å². The van der Waals surface area contributed by atoms with Gasteiger partial charge in [0.05, 0.1) is 5.69 Å². The molecule has 116 valence electrons. The summed E-state index contributed by atoms with van der Waals surface area (Å²) in [5, 5.41) is 1.51. The molecule has 1 atom stereocenters. The van der Waals surface area contributed by atoms with Crippen LogP contribution in [-0.2, 0) is 6.42 Å². The van der Waals surface area contributed by atoms with Crippen molar-refractivity contribution in [3.05, 3.63) is 58.5 Å². The maximum absolute atomic E-state index is 13.1. The lowest BCUT2D eigenvalue weighted by molar-refractivity contribution is 0.898. The first-order valence-electron chi connectivity index (χ1n) is 7.52. The van der Waals surface area contributed by atoms with Crippen LogP contribution in [-0.4, -0.2) is 21.1 Å². The lowest BCUT2D eigenvalue weighted by atomic mass is 10.1. The molecule has 3 heterocycles. The molecule has 3 aromatic rings. The van der Waals surface area contributed by atoms with Crippen molar-refractivity contribution >= 4 is 34.6 Å². The molecule has 0 spiro atoms. The average molecular weight is 340 g/mol. The molecule has 23 heavy (non-hydrogen) atoms. The molecule has 0 N–H and O–H groups in total. The van der Waals surface area contributed by atoms with Crippen LogP contribution in [0.25, 0.3) is 16.7 Å². The molecule has 0 fully saturated rings. The van der Waals surface area contributed by atoms with Crippen molar-refractivity contribution in [2.45, 2.75) is 28.4 Å². The van der Waals surface area contributed by atoms with Gasteiger partial charge >= 0.3 is 0 Å². The van der Waals surface area contributed by atoms with E-state index in [0.29, 0.717) is 5.25 Å². The van der Waals surface area contributed by atoms with E-state index in [1.165, 1.54) is 0 Å². The van der Waals surface area contributed by atoms with E-state index >= 15 is 0 Å². The molecule has 0 saturated heterocycles. The largest absolute Gasteiger partial charge is 0.269 e. The topological polar surface area (TPSA) is 34.9 Å². The Bertz CT molecular complexity index is 965. The zero-order valence-corrected chi connectivity index (χ0v) is 14.6. The molecule has 3 nitrogen and oxygen atoms in total. The number of rotatable bonds is 2. The highest BCUT2D eigenvalue weighted by atomic mass is 32.2. The fraction of sp³-hybridized carbons (Fsp3) is 0.222. The minimum Gasteiger partial charge on any atom is -0.269 e. The highest BCUT2D eigenvalue weighted by Gasteiger charge is 2.26. The number of hydrogen-bond acceptors (Lipinski definition) is 4. The van der Waals surface area contributed by atoms with E-state index < -0.39 is 0 Å². The fourth-order valence-corrected chi connectivity index (χ4v) is 4.78. The Labute approximate surface area is 143 Å².